The summed E-state index contributed by atoms with van der Waals surface area (Å²) in [7, 11) is 0. The van der Waals surface area contributed by atoms with Gasteiger partial charge in [-0.2, -0.15) is 5.26 Å². The third-order valence-corrected chi connectivity index (χ3v) is 3.68. The first-order valence-corrected chi connectivity index (χ1v) is 6.89. The van der Waals surface area contributed by atoms with Gasteiger partial charge in [0.1, 0.15) is 11.8 Å². The van der Waals surface area contributed by atoms with Crippen LogP contribution < -0.4 is 0 Å². The van der Waals surface area contributed by atoms with E-state index in [0.717, 1.165) is 3.70 Å². The predicted molar refractivity (Wildman–Crippen MR) is 67.5 cm³/mol. The first-order valence-electron chi connectivity index (χ1n) is 4.29. The summed E-state index contributed by atoms with van der Waals surface area (Å²) in [6.07, 6.45) is 10.3. The minimum absolute atomic E-state index is 0.157. The van der Waals surface area contributed by atoms with E-state index in [0.29, 0.717) is 11.6 Å². The van der Waals surface area contributed by atoms with Gasteiger partial charge in [0, 0.05) is 11.8 Å². The summed E-state index contributed by atoms with van der Waals surface area (Å²) in [6.45, 7) is 0. The minimum atomic E-state index is -0.266. The highest BCUT2D eigenvalue weighted by Gasteiger charge is 2.25. The van der Waals surface area contributed by atoms with E-state index >= 15 is 0 Å². The standard InChI is InChI=1S/C11H9IN2/c1-12-11-6-8-4-2-3-5-9(8)10(7-13)14-11/h2-6,8-9H,1H2. The van der Waals surface area contributed by atoms with E-state index in [1.54, 1.807) is 0 Å². The van der Waals surface area contributed by atoms with Crippen LogP contribution in [0, 0.1) is 23.2 Å². The molecule has 3 heteroatoms. The summed E-state index contributed by atoms with van der Waals surface area (Å²) in [4.78, 5) is 4.32. The number of halogens is 1. The number of hydrogen-bond acceptors (Lipinski definition) is 2. The summed E-state index contributed by atoms with van der Waals surface area (Å²) in [5, 5.41) is 8.97. The van der Waals surface area contributed by atoms with Crippen molar-refractivity contribution in [3.8, 4) is 6.07 Å². The fourth-order valence-electron chi connectivity index (χ4n) is 1.62. The fraction of sp³-hybridized carbons (Fsp3) is 0.182. The Kier molecular flexibility index (Phi) is 2.73. The molecule has 1 aliphatic carbocycles. The number of nitriles is 1. The number of rotatable bonds is 1. The lowest BCUT2D eigenvalue weighted by atomic mass is 9.84. The number of fused-ring (bicyclic) bond motifs is 1. The third-order valence-electron chi connectivity index (χ3n) is 2.30. The van der Waals surface area contributed by atoms with Gasteiger partial charge in [0.25, 0.3) is 0 Å². The molecule has 70 valence electrons. The zero-order chi connectivity index (χ0) is 9.97. The second kappa shape index (κ2) is 4.01. The van der Waals surface area contributed by atoms with Crippen molar-refractivity contribution in [1.82, 2.24) is 0 Å². The van der Waals surface area contributed by atoms with Crippen molar-refractivity contribution in [2.45, 2.75) is 0 Å². The summed E-state index contributed by atoms with van der Waals surface area (Å²) in [5.74, 6) is 0.480. The van der Waals surface area contributed by atoms with Crippen LogP contribution in [0.1, 0.15) is 0 Å². The Morgan fingerprint density at radius 1 is 1.43 bits per heavy atom. The van der Waals surface area contributed by atoms with Crippen molar-refractivity contribution in [2.75, 3.05) is 0 Å². The molecular formula is C11H9IN2. The van der Waals surface area contributed by atoms with Crippen LogP contribution in [-0.4, -0.2) is 10.2 Å². The van der Waals surface area contributed by atoms with Crippen molar-refractivity contribution >= 4 is 31.0 Å². The first-order chi connectivity index (χ1) is 6.85. The smallest absolute Gasteiger partial charge is 0.126 e. The Hall–Kier alpha value is -1.02. The number of nitrogens with zero attached hydrogens (tertiary/aromatic N) is 2. The summed E-state index contributed by atoms with van der Waals surface area (Å²) < 4.78 is 4.93. The summed E-state index contributed by atoms with van der Waals surface area (Å²) >= 11 is -0.266. The monoisotopic (exact) mass is 296 g/mol. The Morgan fingerprint density at radius 2 is 2.21 bits per heavy atom. The number of allylic oxidation sites excluding steroid dienone is 5. The minimum Gasteiger partial charge on any atom is -0.236 e. The first kappa shape index (κ1) is 9.53. The molecule has 2 nitrogen and oxygen atoms in total. The maximum Gasteiger partial charge on any atom is 0.126 e. The maximum atomic E-state index is 8.97. The maximum absolute atomic E-state index is 8.97. The lowest BCUT2D eigenvalue weighted by Crippen LogP contribution is -2.22. The van der Waals surface area contributed by atoms with Crippen LogP contribution in [0.3, 0.4) is 0 Å². The van der Waals surface area contributed by atoms with Gasteiger partial charge in [-0.15, -0.1) is 0 Å². The molecule has 0 saturated heterocycles. The molecule has 0 aromatic rings. The Labute approximate surface area is 93.1 Å². The molecule has 0 saturated carbocycles. The van der Waals surface area contributed by atoms with E-state index < -0.39 is 0 Å². The molecule has 2 unspecified atom stereocenters. The van der Waals surface area contributed by atoms with Crippen LogP contribution >= 0.6 is 20.7 Å². The Morgan fingerprint density at radius 3 is 2.93 bits per heavy atom. The highest BCUT2D eigenvalue weighted by molar-refractivity contribution is 14.2. The zero-order valence-corrected chi connectivity index (χ0v) is 9.68. The molecule has 0 aromatic heterocycles. The molecule has 0 bridgehead atoms. The fourth-order valence-corrected chi connectivity index (χ4v) is 2.72. The molecule has 0 radical (unpaired) electrons. The molecule has 0 N–H and O–H groups in total. The van der Waals surface area contributed by atoms with Gasteiger partial charge in [-0.05, 0) is 6.08 Å². The summed E-state index contributed by atoms with van der Waals surface area (Å²) in [5.41, 5.74) is 0.636. The van der Waals surface area contributed by atoms with Crippen molar-refractivity contribution in [2.24, 2.45) is 16.8 Å². The van der Waals surface area contributed by atoms with Gasteiger partial charge in [0.2, 0.25) is 0 Å². The van der Waals surface area contributed by atoms with Crippen LogP contribution in [0.5, 0.6) is 0 Å². The average molecular weight is 296 g/mol. The molecule has 2 atom stereocenters. The van der Waals surface area contributed by atoms with Crippen molar-refractivity contribution in [1.29, 1.82) is 5.26 Å². The lowest BCUT2D eigenvalue weighted by Gasteiger charge is -2.23. The van der Waals surface area contributed by atoms with Gasteiger partial charge >= 0.3 is 0 Å². The van der Waals surface area contributed by atoms with Crippen molar-refractivity contribution < 1.29 is 0 Å². The molecule has 0 spiro atoms. The van der Waals surface area contributed by atoms with E-state index in [1.165, 1.54) is 0 Å². The van der Waals surface area contributed by atoms with Crippen LogP contribution in [0.25, 0.3) is 0 Å². The normalized spacial score (nSPS) is 28.8. The van der Waals surface area contributed by atoms with E-state index in [-0.39, 0.29) is 26.6 Å². The van der Waals surface area contributed by atoms with Gasteiger partial charge in [0.05, 0.1) is 3.70 Å². The van der Waals surface area contributed by atoms with Gasteiger partial charge in [-0.1, -0.05) is 49.5 Å². The number of hydrogen-bond donors (Lipinski definition) is 0. The van der Waals surface area contributed by atoms with Crippen LogP contribution in [0.4, 0.5) is 0 Å². The average Bonchev–Trinajstić information content (AvgIpc) is 2.27. The highest BCUT2D eigenvalue weighted by Crippen LogP contribution is 2.31. The van der Waals surface area contributed by atoms with E-state index in [4.69, 9.17) is 5.26 Å². The second-order valence-corrected chi connectivity index (χ2v) is 4.97. The molecule has 1 heterocycles. The van der Waals surface area contributed by atoms with Gasteiger partial charge in [-0.25, -0.2) is 4.99 Å². The largest absolute Gasteiger partial charge is 0.236 e. The quantitative estimate of drug-likeness (QED) is 0.541. The molecule has 1 aliphatic heterocycles. The Bertz CT molecular complexity index is 421. The van der Waals surface area contributed by atoms with E-state index in [2.05, 4.69) is 27.7 Å². The molecule has 0 fully saturated rings. The zero-order valence-electron chi connectivity index (χ0n) is 7.52. The molecule has 2 aliphatic rings. The second-order valence-electron chi connectivity index (χ2n) is 3.10. The van der Waals surface area contributed by atoms with Gasteiger partial charge < -0.3 is 0 Å². The highest BCUT2D eigenvalue weighted by atomic mass is 127. The van der Waals surface area contributed by atoms with E-state index in [1.807, 2.05) is 18.2 Å². The molecule has 2 rings (SSSR count). The Balaban J connectivity index is 2.42. The molecule has 14 heavy (non-hydrogen) atoms. The molecule has 0 aromatic carbocycles. The van der Waals surface area contributed by atoms with Crippen LogP contribution in [0.15, 0.2) is 39.1 Å². The van der Waals surface area contributed by atoms with Gasteiger partial charge in [-0.3, -0.25) is 0 Å². The predicted octanol–water partition coefficient (Wildman–Crippen LogP) is 2.57. The van der Waals surface area contributed by atoms with Crippen molar-refractivity contribution in [3.05, 3.63) is 34.1 Å². The summed E-state index contributed by atoms with van der Waals surface area (Å²) in [6, 6.07) is 2.18. The van der Waals surface area contributed by atoms with E-state index in [9.17, 15) is 0 Å². The van der Waals surface area contributed by atoms with Crippen molar-refractivity contribution in [3.63, 3.8) is 0 Å². The SMILES string of the molecule is C=IC1=CC2C=CC=CC2C(C#N)=N1. The van der Waals surface area contributed by atoms with Crippen LogP contribution in [0.2, 0.25) is 0 Å². The molecule has 0 amide bonds. The van der Waals surface area contributed by atoms with Gasteiger partial charge in [0.15, 0.2) is 0 Å². The third kappa shape index (κ3) is 1.62. The molecular weight excluding hydrogens is 287 g/mol. The number of aliphatic imine (C=N–C) groups is 1. The lowest BCUT2D eigenvalue weighted by molar-refractivity contribution is 0.693. The topological polar surface area (TPSA) is 36.1 Å². The van der Waals surface area contributed by atoms with Crippen LogP contribution in [-0.2, 0) is 0 Å².